The molecule has 1 N–H and O–H groups in total. The van der Waals surface area contributed by atoms with Gasteiger partial charge in [-0.3, -0.25) is 4.99 Å². The first kappa shape index (κ1) is 24.1. The Balaban J connectivity index is 0.00000300. The van der Waals surface area contributed by atoms with Gasteiger partial charge in [-0.2, -0.15) is 0 Å². The molecule has 0 amide bonds. The Bertz CT molecular complexity index is 746. The van der Waals surface area contributed by atoms with E-state index in [0.717, 1.165) is 57.1 Å². The number of likely N-dealkylation sites (N-methyl/N-ethyl adjacent to an activating group) is 1. The van der Waals surface area contributed by atoms with Crippen LogP contribution < -0.4 is 5.32 Å². The number of guanidine groups is 1. The lowest BCUT2D eigenvalue weighted by atomic mass is 9.74. The molecule has 0 aliphatic carbocycles. The number of benzene rings is 1. The van der Waals surface area contributed by atoms with Gasteiger partial charge in [0.2, 0.25) is 0 Å². The van der Waals surface area contributed by atoms with Crippen LogP contribution in [0.25, 0.3) is 0 Å². The lowest BCUT2D eigenvalue weighted by molar-refractivity contribution is 0.0530. The monoisotopic (exact) mass is 531 g/mol. The van der Waals surface area contributed by atoms with Crippen LogP contribution in [0, 0.1) is 5.82 Å². The standard InChI is InChI=1S/C22H30FN3OS.HI/c1-3-24-21(26(2)13-10-20-5-4-16-28-20)25-17-22(11-14-27-15-12-22)18-6-8-19(23)9-7-18;/h4-9,16H,3,10-15,17H2,1-2H3,(H,24,25);1H. The summed E-state index contributed by atoms with van der Waals surface area (Å²) >= 11 is 1.79. The molecule has 2 heterocycles. The fraction of sp³-hybridized carbons (Fsp3) is 0.500. The molecule has 0 unspecified atom stereocenters. The molecular formula is C22H31FIN3OS. The zero-order chi connectivity index (χ0) is 19.8. The molecule has 1 aliphatic rings. The van der Waals surface area contributed by atoms with Crippen LogP contribution in [-0.2, 0) is 16.6 Å². The Morgan fingerprint density at radius 2 is 1.97 bits per heavy atom. The minimum absolute atomic E-state index is 0. The predicted octanol–water partition coefficient (Wildman–Crippen LogP) is 4.69. The average molecular weight is 531 g/mol. The molecular weight excluding hydrogens is 500 g/mol. The molecule has 0 saturated carbocycles. The number of nitrogens with one attached hydrogen (secondary N) is 1. The number of halogens is 2. The molecule has 0 radical (unpaired) electrons. The van der Waals surface area contributed by atoms with Gasteiger partial charge in [0.25, 0.3) is 0 Å². The fourth-order valence-electron chi connectivity index (χ4n) is 3.64. The summed E-state index contributed by atoms with van der Waals surface area (Å²) in [5.74, 6) is 0.725. The van der Waals surface area contributed by atoms with Crippen LogP contribution in [-0.4, -0.2) is 50.8 Å². The molecule has 1 saturated heterocycles. The number of hydrogen-bond acceptors (Lipinski definition) is 3. The van der Waals surface area contributed by atoms with Crippen LogP contribution in [0.3, 0.4) is 0 Å². The van der Waals surface area contributed by atoms with Crippen LogP contribution >= 0.6 is 35.3 Å². The summed E-state index contributed by atoms with van der Waals surface area (Å²) in [5, 5.41) is 5.54. The van der Waals surface area contributed by atoms with Gasteiger partial charge in [-0.05, 0) is 55.3 Å². The molecule has 1 aromatic heterocycles. The highest BCUT2D eigenvalue weighted by atomic mass is 127. The fourth-order valence-corrected chi connectivity index (χ4v) is 4.34. The Morgan fingerprint density at radius 1 is 1.24 bits per heavy atom. The van der Waals surface area contributed by atoms with Crippen molar-refractivity contribution in [1.82, 2.24) is 10.2 Å². The Kier molecular flexibility index (Phi) is 9.85. The first-order valence-electron chi connectivity index (χ1n) is 9.98. The molecule has 0 spiro atoms. The van der Waals surface area contributed by atoms with Crippen LogP contribution in [0.2, 0.25) is 0 Å². The summed E-state index contributed by atoms with van der Waals surface area (Å²) in [5.41, 5.74) is 1.05. The maximum Gasteiger partial charge on any atom is 0.193 e. The molecule has 1 aliphatic heterocycles. The smallest absolute Gasteiger partial charge is 0.193 e. The molecule has 2 aromatic rings. The minimum Gasteiger partial charge on any atom is -0.381 e. The Labute approximate surface area is 194 Å². The van der Waals surface area contributed by atoms with Crippen molar-refractivity contribution in [2.24, 2.45) is 4.99 Å². The first-order valence-corrected chi connectivity index (χ1v) is 10.9. The van der Waals surface area contributed by atoms with Crippen LogP contribution in [0.4, 0.5) is 4.39 Å². The van der Waals surface area contributed by atoms with E-state index in [1.54, 1.807) is 23.5 Å². The van der Waals surface area contributed by atoms with Crippen molar-refractivity contribution in [1.29, 1.82) is 0 Å². The highest BCUT2D eigenvalue weighted by molar-refractivity contribution is 14.0. The molecule has 29 heavy (non-hydrogen) atoms. The van der Waals surface area contributed by atoms with E-state index < -0.39 is 0 Å². The maximum atomic E-state index is 13.4. The van der Waals surface area contributed by atoms with Gasteiger partial charge in [0.05, 0.1) is 6.54 Å². The topological polar surface area (TPSA) is 36.9 Å². The highest BCUT2D eigenvalue weighted by Gasteiger charge is 2.34. The van der Waals surface area contributed by atoms with Gasteiger partial charge >= 0.3 is 0 Å². The van der Waals surface area contributed by atoms with Crippen LogP contribution in [0.1, 0.15) is 30.2 Å². The summed E-state index contributed by atoms with van der Waals surface area (Å²) in [6.45, 7) is 5.95. The summed E-state index contributed by atoms with van der Waals surface area (Å²) in [7, 11) is 2.09. The zero-order valence-corrected chi connectivity index (χ0v) is 20.3. The average Bonchev–Trinajstić information content (AvgIpc) is 3.24. The number of aliphatic imine (C=N–C) groups is 1. The van der Waals surface area contributed by atoms with Gasteiger partial charge < -0.3 is 15.0 Å². The van der Waals surface area contributed by atoms with E-state index in [-0.39, 0.29) is 35.2 Å². The first-order chi connectivity index (χ1) is 13.6. The second-order valence-corrected chi connectivity index (χ2v) is 8.35. The van der Waals surface area contributed by atoms with Crippen LogP contribution in [0.15, 0.2) is 46.8 Å². The van der Waals surface area contributed by atoms with Crippen molar-refractivity contribution in [3.05, 3.63) is 58.0 Å². The van der Waals surface area contributed by atoms with Crippen molar-refractivity contribution in [3.8, 4) is 0 Å². The van der Waals surface area contributed by atoms with E-state index in [2.05, 4.69) is 41.7 Å². The van der Waals surface area contributed by atoms with E-state index in [1.165, 1.54) is 4.88 Å². The normalized spacial score (nSPS) is 16.2. The molecule has 7 heteroatoms. The van der Waals surface area contributed by atoms with E-state index >= 15 is 0 Å². The minimum atomic E-state index is -0.198. The largest absolute Gasteiger partial charge is 0.381 e. The van der Waals surface area contributed by atoms with Crippen LogP contribution in [0.5, 0.6) is 0 Å². The van der Waals surface area contributed by atoms with Gasteiger partial charge in [0.15, 0.2) is 5.96 Å². The molecule has 1 fully saturated rings. The molecule has 160 valence electrons. The van der Waals surface area contributed by atoms with E-state index in [0.29, 0.717) is 6.54 Å². The zero-order valence-electron chi connectivity index (χ0n) is 17.2. The van der Waals surface area contributed by atoms with Gasteiger partial charge in [0.1, 0.15) is 5.82 Å². The quantitative estimate of drug-likeness (QED) is 0.320. The van der Waals surface area contributed by atoms with E-state index in [4.69, 9.17) is 9.73 Å². The SMILES string of the molecule is CCNC(=NCC1(c2ccc(F)cc2)CCOCC1)N(C)CCc1cccs1.I. The molecule has 1 aromatic carbocycles. The summed E-state index contributed by atoms with van der Waals surface area (Å²) in [6, 6.07) is 11.2. The van der Waals surface area contributed by atoms with Crippen molar-refractivity contribution in [3.63, 3.8) is 0 Å². The third-order valence-corrected chi connectivity index (χ3v) is 6.34. The highest BCUT2D eigenvalue weighted by Crippen LogP contribution is 2.35. The second kappa shape index (κ2) is 11.9. The number of rotatable bonds is 7. The number of thiophene rings is 1. The summed E-state index contributed by atoms with van der Waals surface area (Å²) in [6.07, 6.45) is 2.82. The lowest BCUT2D eigenvalue weighted by Crippen LogP contribution is -2.42. The van der Waals surface area contributed by atoms with Crippen molar-refractivity contribution in [2.45, 2.75) is 31.6 Å². The third-order valence-electron chi connectivity index (χ3n) is 5.41. The van der Waals surface area contributed by atoms with Crippen molar-refractivity contribution >= 4 is 41.3 Å². The number of ether oxygens (including phenoxy) is 1. The van der Waals surface area contributed by atoms with Crippen molar-refractivity contribution < 1.29 is 9.13 Å². The van der Waals surface area contributed by atoms with Gasteiger partial charge in [-0.25, -0.2) is 4.39 Å². The molecule has 0 bridgehead atoms. The third kappa shape index (κ3) is 6.65. The molecule has 0 atom stereocenters. The second-order valence-electron chi connectivity index (χ2n) is 7.32. The Hall–Kier alpha value is -1.19. The molecule has 4 nitrogen and oxygen atoms in total. The summed E-state index contributed by atoms with van der Waals surface area (Å²) in [4.78, 5) is 8.57. The Morgan fingerprint density at radius 3 is 2.59 bits per heavy atom. The van der Waals surface area contributed by atoms with Gasteiger partial charge in [0, 0.05) is 43.6 Å². The van der Waals surface area contributed by atoms with Gasteiger partial charge in [-0.1, -0.05) is 18.2 Å². The summed E-state index contributed by atoms with van der Waals surface area (Å²) < 4.78 is 19.0. The number of nitrogens with zero attached hydrogens (tertiary/aromatic N) is 2. The predicted molar refractivity (Wildman–Crippen MR) is 130 cm³/mol. The van der Waals surface area contributed by atoms with E-state index in [1.807, 2.05) is 12.1 Å². The van der Waals surface area contributed by atoms with E-state index in [9.17, 15) is 4.39 Å². The van der Waals surface area contributed by atoms with Crippen molar-refractivity contribution in [2.75, 3.05) is 39.9 Å². The lowest BCUT2D eigenvalue weighted by Gasteiger charge is -2.37. The molecule has 3 rings (SSSR count). The maximum absolute atomic E-state index is 13.4. The number of hydrogen-bond donors (Lipinski definition) is 1. The van der Waals surface area contributed by atoms with Gasteiger partial charge in [-0.15, -0.1) is 35.3 Å².